The van der Waals surface area contributed by atoms with Gasteiger partial charge in [-0.05, 0) is 12.1 Å². The van der Waals surface area contributed by atoms with Crippen molar-refractivity contribution in [3.05, 3.63) is 17.7 Å². The topological polar surface area (TPSA) is 222 Å². The number of benzene rings is 1. The van der Waals surface area contributed by atoms with Crippen molar-refractivity contribution in [2.45, 2.75) is 31.0 Å². The van der Waals surface area contributed by atoms with Crippen LogP contribution >= 0.6 is 0 Å². The fraction of sp³-hybridized carbons (Fsp3) is 0.400. The van der Waals surface area contributed by atoms with Crippen LogP contribution in [0, 0.1) is 0 Å². The number of aromatic hydroxyl groups is 3. The molecule has 12 heteroatoms. The Balaban J connectivity index is 3.31. The van der Waals surface area contributed by atoms with Gasteiger partial charge in [0.05, 0.1) is 12.2 Å². The van der Waals surface area contributed by atoms with Gasteiger partial charge in [-0.15, -0.1) is 0 Å². The maximum atomic E-state index is 12.1. The number of hydrogen-bond donors (Lipinski definition) is 8. The summed E-state index contributed by atoms with van der Waals surface area (Å²) in [5.74, 6) is -11.5. The third kappa shape index (κ3) is 4.50. The molecule has 0 saturated heterocycles. The van der Waals surface area contributed by atoms with Crippen molar-refractivity contribution in [2.75, 3.05) is 6.61 Å². The molecule has 0 bridgehead atoms. The summed E-state index contributed by atoms with van der Waals surface area (Å²) in [6.07, 6.45) is -7.26. The average molecular weight is 390 g/mol. The molecule has 0 unspecified atom stereocenters. The van der Waals surface area contributed by atoms with E-state index in [1.54, 1.807) is 0 Å². The molecule has 0 spiro atoms. The first-order valence-corrected chi connectivity index (χ1v) is 7.27. The van der Waals surface area contributed by atoms with Crippen molar-refractivity contribution in [1.29, 1.82) is 0 Å². The Bertz CT molecular complexity index is 721. The van der Waals surface area contributed by atoms with Gasteiger partial charge in [-0.3, -0.25) is 9.59 Å². The molecule has 0 heterocycles. The van der Waals surface area contributed by atoms with E-state index in [1.165, 1.54) is 0 Å². The highest BCUT2D eigenvalue weighted by molar-refractivity contribution is 6.39. The van der Waals surface area contributed by atoms with E-state index in [0.717, 1.165) is 0 Å². The molecule has 150 valence electrons. The van der Waals surface area contributed by atoms with Crippen LogP contribution in [0.15, 0.2) is 12.1 Å². The average Bonchev–Trinajstić information content (AvgIpc) is 2.62. The van der Waals surface area contributed by atoms with Gasteiger partial charge >= 0.3 is 11.8 Å². The molecule has 1 aromatic rings. The molecule has 0 saturated carbocycles. The Morgan fingerprint density at radius 1 is 1.07 bits per heavy atom. The fourth-order valence-electron chi connectivity index (χ4n) is 1.97. The van der Waals surface area contributed by atoms with Gasteiger partial charge in [0.15, 0.2) is 23.4 Å². The van der Waals surface area contributed by atoms with Gasteiger partial charge in [0.2, 0.25) is 5.78 Å². The number of Topliss-reactive ketones (excluding diaryl/α,β-unsaturated/α-hetero) is 2. The van der Waals surface area contributed by atoms with Crippen LogP contribution in [0.2, 0.25) is 0 Å². The standard InChI is InChI=1S/C15H18O12/c1-5(17)12(23)15(26,13(24)11(22)9(20)4-16)27-14(25)6-2-7(18)10(21)8(19)3-6/h2-3,9,11,13,16,18-22,24,26H,4H2,1H3/t9-,11-,13+,15+/m1/s1. The summed E-state index contributed by atoms with van der Waals surface area (Å²) in [6, 6.07) is 1.14. The van der Waals surface area contributed by atoms with Crippen LogP contribution < -0.4 is 0 Å². The summed E-state index contributed by atoms with van der Waals surface area (Å²) in [4.78, 5) is 35.4. The Kier molecular flexibility index (Phi) is 6.83. The number of phenols is 3. The molecule has 1 rings (SSSR count). The van der Waals surface area contributed by atoms with Crippen molar-refractivity contribution in [2.24, 2.45) is 0 Å². The molecule has 0 radical (unpaired) electrons. The summed E-state index contributed by atoms with van der Waals surface area (Å²) < 4.78 is 4.41. The molecular weight excluding hydrogens is 372 g/mol. The predicted molar refractivity (Wildman–Crippen MR) is 82.6 cm³/mol. The third-order valence-corrected chi connectivity index (χ3v) is 3.50. The molecular formula is C15H18O12. The molecule has 0 amide bonds. The highest BCUT2D eigenvalue weighted by atomic mass is 16.7. The molecule has 27 heavy (non-hydrogen) atoms. The van der Waals surface area contributed by atoms with Crippen molar-refractivity contribution < 1.29 is 60.0 Å². The van der Waals surface area contributed by atoms with Crippen LogP contribution in [0.5, 0.6) is 17.2 Å². The second-order valence-corrected chi connectivity index (χ2v) is 5.52. The minimum absolute atomic E-state index is 0.571. The van der Waals surface area contributed by atoms with Gasteiger partial charge in [-0.1, -0.05) is 0 Å². The van der Waals surface area contributed by atoms with Gasteiger partial charge in [0, 0.05) is 6.92 Å². The Labute approximate surface area is 151 Å². The number of esters is 1. The summed E-state index contributed by atoms with van der Waals surface area (Å²) in [5, 5.41) is 76.0. The first kappa shape index (κ1) is 22.3. The van der Waals surface area contributed by atoms with Crippen LogP contribution in [0.3, 0.4) is 0 Å². The number of hydrogen-bond acceptors (Lipinski definition) is 12. The molecule has 1 aromatic carbocycles. The number of rotatable bonds is 8. The number of aliphatic hydroxyl groups excluding tert-OH is 4. The van der Waals surface area contributed by atoms with E-state index >= 15 is 0 Å². The molecule has 0 aliphatic carbocycles. The smallest absolute Gasteiger partial charge is 0.341 e. The number of carbonyl (C=O) groups is 3. The van der Waals surface area contributed by atoms with Gasteiger partial charge < -0.3 is 45.6 Å². The lowest BCUT2D eigenvalue weighted by Crippen LogP contribution is -2.61. The quantitative estimate of drug-likeness (QED) is 0.0955. The van der Waals surface area contributed by atoms with Crippen LogP contribution in [-0.4, -0.2) is 89.1 Å². The number of phenolic OH excluding ortho intramolecular Hbond substituents is 3. The second-order valence-electron chi connectivity index (χ2n) is 5.52. The normalized spacial score (nSPS) is 16.7. The zero-order valence-corrected chi connectivity index (χ0v) is 13.8. The highest BCUT2D eigenvalue weighted by Crippen LogP contribution is 2.36. The second kappa shape index (κ2) is 8.28. The largest absolute Gasteiger partial charge is 0.504 e. The van der Waals surface area contributed by atoms with Gasteiger partial charge in [-0.25, -0.2) is 4.79 Å². The molecule has 8 N–H and O–H groups in total. The lowest BCUT2D eigenvalue weighted by Gasteiger charge is -2.33. The maximum Gasteiger partial charge on any atom is 0.341 e. The van der Waals surface area contributed by atoms with Crippen LogP contribution in [0.1, 0.15) is 17.3 Å². The van der Waals surface area contributed by atoms with E-state index in [0.29, 0.717) is 19.1 Å². The van der Waals surface area contributed by atoms with Gasteiger partial charge in [0.1, 0.15) is 12.2 Å². The Morgan fingerprint density at radius 2 is 1.56 bits per heavy atom. The molecule has 0 aromatic heterocycles. The van der Waals surface area contributed by atoms with Gasteiger partial charge in [0.25, 0.3) is 5.78 Å². The summed E-state index contributed by atoms with van der Waals surface area (Å²) in [7, 11) is 0. The number of ketones is 2. The van der Waals surface area contributed by atoms with E-state index in [-0.39, 0.29) is 0 Å². The SMILES string of the molecule is CC(=O)C(=O)[C@](O)(OC(=O)c1cc(O)c(O)c(O)c1)[C@@H](O)[C@H](O)[C@H](O)CO. The molecule has 0 aliphatic heterocycles. The Morgan fingerprint density at radius 3 is 1.96 bits per heavy atom. The first-order chi connectivity index (χ1) is 12.4. The van der Waals surface area contributed by atoms with E-state index in [1.807, 2.05) is 0 Å². The minimum Gasteiger partial charge on any atom is -0.504 e. The zero-order valence-electron chi connectivity index (χ0n) is 13.8. The minimum atomic E-state index is -3.68. The van der Waals surface area contributed by atoms with Crippen LogP contribution in [-0.2, 0) is 14.3 Å². The highest BCUT2D eigenvalue weighted by Gasteiger charge is 2.53. The molecule has 12 nitrogen and oxygen atoms in total. The number of carbonyl (C=O) groups excluding carboxylic acids is 3. The maximum absolute atomic E-state index is 12.1. The van der Waals surface area contributed by atoms with Crippen molar-refractivity contribution in [1.82, 2.24) is 0 Å². The van der Waals surface area contributed by atoms with Crippen LogP contribution in [0.4, 0.5) is 0 Å². The molecule has 0 fully saturated rings. The Hall–Kier alpha value is -2.77. The number of aliphatic hydroxyl groups is 5. The summed E-state index contributed by atoms with van der Waals surface area (Å²) in [5.41, 5.74) is -0.720. The molecule has 4 atom stereocenters. The lowest BCUT2D eigenvalue weighted by molar-refractivity contribution is -0.244. The van der Waals surface area contributed by atoms with E-state index in [4.69, 9.17) is 5.11 Å². The zero-order chi connectivity index (χ0) is 21.1. The lowest BCUT2D eigenvalue weighted by atomic mass is 9.94. The van der Waals surface area contributed by atoms with Gasteiger partial charge in [-0.2, -0.15) is 0 Å². The monoisotopic (exact) mass is 390 g/mol. The van der Waals surface area contributed by atoms with Crippen LogP contribution in [0.25, 0.3) is 0 Å². The van der Waals surface area contributed by atoms with Crippen molar-refractivity contribution in [3.63, 3.8) is 0 Å². The van der Waals surface area contributed by atoms with E-state index < -0.39 is 71.1 Å². The first-order valence-electron chi connectivity index (χ1n) is 7.27. The molecule has 0 aliphatic rings. The summed E-state index contributed by atoms with van der Waals surface area (Å²) >= 11 is 0. The third-order valence-electron chi connectivity index (χ3n) is 3.50. The summed E-state index contributed by atoms with van der Waals surface area (Å²) in [6.45, 7) is -0.461. The van der Waals surface area contributed by atoms with E-state index in [2.05, 4.69) is 4.74 Å². The fourth-order valence-corrected chi connectivity index (χ4v) is 1.97. The van der Waals surface area contributed by atoms with E-state index in [9.17, 15) is 50.1 Å². The van der Waals surface area contributed by atoms with Crippen molar-refractivity contribution >= 4 is 17.5 Å². The van der Waals surface area contributed by atoms with Crippen molar-refractivity contribution in [3.8, 4) is 17.2 Å². The predicted octanol–water partition coefficient (Wildman–Crippen LogP) is -3.12. The number of ether oxygens (including phenoxy) is 1.